The van der Waals surface area contributed by atoms with Gasteiger partial charge in [-0.15, -0.1) is 0 Å². The summed E-state index contributed by atoms with van der Waals surface area (Å²) in [6.45, 7) is 4.03. The Kier molecular flexibility index (Phi) is 3.49. The molecule has 2 rings (SSSR count). The third-order valence-corrected chi connectivity index (χ3v) is 2.94. The molecule has 17 heavy (non-hydrogen) atoms. The molecular weight excluding hydrogens is 212 g/mol. The average Bonchev–Trinajstić information content (AvgIpc) is 2.38. The van der Waals surface area contributed by atoms with Gasteiger partial charge in [0.05, 0.1) is 5.69 Å². The highest BCUT2D eigenvalue weighted by Gasteiger charge is 2.16. The second kappa shape index (κ2) is 5.06. The fraction of sp³-hybridized carbons (Fsp3) is 0.286. The van der Waals surface area contributed by atoms with Crippen molar-refractivity contribution in [1.82, 2.24) is 9.97 Å². The predicted molar refractivity (Wildman–Crippen MR) is 66.7 cm³/mol. The van der Waals surface area contributed by atoms with Gasteiger partial charge in [-0.25, -0.2) is 0 Å². The SMILES string of the molecule is CCc1cccnc1C(O)c1cnccc1C. The topological polar surface area (TPSA) is 46.0 Å². The van der Waals surface area contributed by atoms with E-state index in [1.54, 1.807) is 18.6 Å². The maximum Gasteiger partial charge on any atom is 0.123 e. The molecule has 3 nitrogen and oxygen atoms in total. The zero-order chi connectivity index (χ0) is 12.3. The molecule has 0 aliphatic heterocycles. The molecule has 1 atom stereocenters. The first-order valence-electron chi connectivity index (χ1n) is 5.76. The summed E-state index contributed by atoms with van der Waals surface area (Å²) in [6.07, 6.45) is 5.31. The van der Waals surface area contributed by atoms with Gasteiger partial charge in [-0.2, -0.15) is 0 Å². The summed E-state index contributed by atoms with van der Waals surface area (Å²) < 4.78 is 0. The molecule has 3 heteroatoms. The van der Waals surface area contributed by atoms with E-state index in [-0.39, 0.29) is 0 Å². The molecule has 0 radical (unpaired) electrons. The van der Waals surface area contributed by atoms with Crippen molar-refractivity contribution in [3.8, 4) is 0 Å². The highest BCUT2D eigenvalue weighted by molar-refractivity contribution is 5.33. The third kappa shape index (κ3) is 2.34. The summed E-state index contributed by atoms with van der Waals surface area (Å²) in [5, 5.41) is 10.4. The molecule has 0 amide bonds. The Labute approximate surface area is 101 Å². The van der Waals surface area contributed by atoms with Gasteiger partial charge in [0, 0.05) is 24.2 Å². The fourth-order valence-corrected chi connectivity index (χ4v) is 1.91. The fourth-order valence-electron chi connectivity index (χ4n) is 1.91. The number of hydrogen-bond acceptors (Lipinski definition) is 3. The van der Waals surface area contributed by atoms with Crippen LogP contribution in [0.15, 0.2) is 36.8 Å². The maximum atomic E-state index is 10.4. The van der Waals surface area contributed by atoms with Crippen LogP contribution in [0, 0.1) is 6.92 Å². The minimum atomic E-state index is -0.695. The molecule has 2 heterocycles. The summed E-state index contributed by atoms with van der Waals surface area (Å²) >= 11 is 0. The van der Waals surface area contributed by atoms with Gasteiger partial charge in [0.2, 0.25) is 0 Å². The van der Waals surface area contributed by atoms with E-state index < -0.39 is 6.10 Å². The zero-order valence-corrected chi connectivity index (χ0v) is 10.1. The van der Waals surface area contributed by atoms with Gasteiger partial charge in [0.1, 0.15) is 6.10 Å². The van der Waals surface area contributed by atoms with Gasteiger partial charge in [0.15, 0.2) is 0 Å². The van der Waals surface area contributed by atoms with Crippen LogP contribution in [0.1, 0.15) is 35.4 Å². The lowest BCUT2D eigenvalue weighted by Gasteiger charge is -2.15. The van der Waals surface area contributed by atoms with Gasteiger partial charge >= 0.3 is 0 Å². The summed E-state index contributed by atoms with van der Waals surface area (Å²) in [7, 11) is 0. The van der Waals surface area contributed by atoms with Crippen LogP contribution >= 0.6 is 0 Å². The molecule has 0 aromatic carbocycles. The number of rotatable bonds is 3. The van der Waals surface area contributed by atoms with E-state index in [0.29, 0.717) is 0 Å². The van der Waals surface area contributed by atoms with E-state index in [1.165, 1.54) is 0 Å². The number of pyridine rings is 2. The molecule has 0 aliphatic carbocycles. The minimum absolute atomic E-state index is 0.695. The van der Waals surface area contributed by atoms with Crippen LogP contribution in [0.5, 0.6) is 0 Å². The predicted octanol–water partition coefficient (Wildman–Crippen LogP) is 2.43. The van der Waals surface area contributed by atoms with Gasteiger partial charge in [-0.05, 0) is 36.6 Å². The van der Waals surface area contributed by atoms with Crippen molar-refractivity contribution in [1.29, 1.82) is 0 Å². The quantitative estimate of drug-likeness (QED) is 0.877. The standard InChI is InChI=1S/C14H16N2O/c1-3-11-5-4-7-16-13(11)14(17)12-9-15-8-6-10(12)2/h4-9,14,17H,3H2,1-2H3. The lowest BCUT2D eigenvalue weighted by atomic mass is 9.99. The van der Waals surface area contributed by atoms with E-state index in [4.69, 9.17) is 0 Å². The Morgan fingerprint density at radius 2 is 2.12 bits per heavy atom. The van der Waals surface area contributed by atoms with Crippen molar-refractivity contribution in [2.45, 2.75) is 26.4 Å². The van der Waals surface area contributed by atoms with Crippen molar-refractivity contribution in [3.63, 3.8) is 0 Å². The Hall–Kier alpha value is -1.74. The van der Waals surface area contributed by atoms with Gasteiger partial charge in [-0.1, -0.05) is 13.0 Å². The second-order valence-corrected chi connectivity index (χ2v) is 4.04. The highest BCUT2D eigenvalue weighted by Crippen LogP contribution is 2.24. The van der Waals surface area contributed by atoms with Crippen LogP contribution in [0.2, 0.25) is 0 Å². The summed E-state index contributed by atoms with van der Waals surface area (Å²) in [4.78, 5) is 8.35. The number of aryl methyl sites for hydroxylation is 2. The molecule has 0 aliphatic rings. The van der Waals surface area contributed by atoms with Crippen molar-refractivity contribution < 1.29 is 5.11 Å². The van der Waals surface area contributed by atoms with Crippen LogP contribution in [-0.4, -0.2) is 15.1 Å². The molecule has 2 aromatic heterocycles. The van der Waals surface area contributed by atoms with Gasteiger partial charge in [0.25, 0.3) is 0 Å². The smallest absolute Gasteiger partial charge is 0.123 e. The van der Waals surface area contributed by atoms with E-state index in [1.807, 2.05) is 25.1 Å². The molecule has 0 saturated carbocycles. The number of hydrogen-bond donors (Lipinski definition) is 1. The molecule has 88 valence electrons. The monoisotopic (exact) mass is 228 g/mol. The molecule has 0 fully saturated rings. The lowest BCUT2D eigenvalue weighted by molar-refractivity contribution is 0.213. The molecule has 0 saturated heterocycles. The number of aromatic nitrogens is 2. The molecule has 0 bridgehead atoms. The lowest BCUT2D eigenvalue weighted by Crippen LogP contribution is -2.07. The summed E-state index contributed by atoms with van der Waals surface area (Å²) in [5.41, 5.74) is 3.65. The van der Waals surface area contributed by atoms with Crippen LogP contribution in [0.4, 0.5) is 0 Å². The van der Waals surface area contributed by atoms with Crippen molar-refractivity contribution in [3.05, 3.63) is 59.2 Å². The Balaban J connectivity index is 2.44. The zero-order valence-electron chi connectivity index (χ0n) is 10.1. The number of aliphatic hydroxyl groups is 1. The average molecular weight is 228 g/mol. The maximum absolute atomic E-state index is 10.4. The Bertz CT molecular complexity index is 511. The van der Waals surface area contributed by atoms with E-state index >= 15 is 0 Å². The second-order valence-electron chi connectivity index (χ2n) is 4.04. The first kappa shape index (κ1) is 11.7. The molecular formula is C14H16N2O. The number of nitrogens with zero attached hydrogens (tertiary/aromatic N) is 2. The van der Waals surface area contributed by atoms with Gasteiger partial charge < -0.3 is 5.11 Å². The number of aliphatic hydroxyl groups excluding tert-OH is 1. The van der Waals surface area contributed by atoms with Crippen molar-refractivity contribution in [2.75, 3.05) is 0 Å². The summed E-state index contributed by atoms with van der Waals surface area (Å²) in [5.74, 6) is 0. The van der Waals surface area contributed by atoms with Crippen LogP contribution in [0.25, 0.3) is 0 Å². The minimum Gasteiger partial charge on any atom is -0.382 e. The van der Waals surface area contributed by atoms with E-state index in [0.717, 1.165) is 28.8 Å². The molecule has 1 unspecified atom stereocenters. The molecule has 2 aromatic rings. The normalized spacial score (nSPS) is 12.4. The molecule has 0 spiro atoms. The Morgan fingerprint density at radius 1 is 1.29 bits per heavy atom. The highest BCUT2D eigenvalue weighted by atomic mass is 16.3. The van der Waals surface area contributed by atoms with Crippen LogP contribution in [-0.2, 0) is 6.42 Å². The van der Waals surface area contributed by atoms with Crippen LogP contribution < -0.4 is 0 Å². The first-order chi connectivity index (χ1) is 8.24. The largest absolute Gasteiger partial charge is 0.382 e. The molecule has 1 N–H and O–H groups in total. The van der Waals surface area contributed by atoms with Gasteiger partial charge in [-0.3, -0.25) is 9.97 Å². The Morgan fingerprint density at radius 3 is 2.82 bits per heavy atom. The third-order valence-electron chi connectivity index (χ3n) is 2.94. The van der Waals surface area contributed by atoms with Crippen molar-refractivity contribution in [2.24, 2.45) is 0 Å². The van der Waals surface area contributed by atoms with E-state index in [2.05, 4.69) is 16.9 Å². The van der Waals surface area contributed by atoms with E-state index in [9.17, 15) is 5.11 Å². The van der Waals surface area contributed by atoms with Crippen LogP contribution in [0.3, 0.4) is 0 Å². The van der Waals surface area contributed by atoms with Crippen molar-refractivity contribution >= 4 is 0 Å². The first-order valence-corrected chi connectivity index (χ1v) is 5.76. The summed E-state index contributed by atoms with van der Waals surface area (Å²) in [6, 6.07) is 5.79.